The number of aromatic nitrogens is 1. The fourth-order valence-electron chi connectivity index (χ4n) is 3.05. The number of benzene rings is 1. The molecule has 0 unspecified atom stereocenters. The lowest BCUT2D eigenvalue weighted by molar-refractivity contribution is -0.136. The number of pyridine rings is 1. The number of likely N-dealkylation sites (N-methyl/N-ethyl adjacent to an activating group) is 1. The van der Waals surface area contributed by atoms with Crippen LogP contribution < -0.4 is 10.6 Å². The van der Waals surface area contributed by atoms with Crippen LogP contribution in [0.2, 0.25) is 0 Å². The molecule has 0 spiro atoms. The van der Waals surface area contributed by atoms with Crippen molar-refractivity contribution in [2.45, 2.75) is 19.4 Å². The molecule has 1 aromatic carbocycles. The molecule has 2 aromatic rings. The van der Waals surface area contributed by atoms with Gasteiger partial charge in [0.25, 0.3) is 0 Å². The SMILES string of the molecule is CN1CCN(c2ccnc3c(N)cccc23)C(C)(C)C1=O. The number of nitrogen functional groups attached to an aromatic ring is 1. The summed E-state index contributed by atoms with van der Waals surface area (Å²) >= 11 is 0. The zero-order valence-electron chi connectivity index (χ0n) is 12.6. The van der Waals surface area contributed by atoms with Gasteiger partial charge in [-0.2, -0.15) is 0 Å². The molecule has 0 radical (unpaired) electrons. The number of amides is 1. The highest BCUT2D eigenvalue weighted by atomic mass is 16.2. The Morgan fingerprint density at radius 2 is 2.00 bits per heavy atom. The van der Waals surface area contributed by atoms with Crippen LogP contribution in [0.3, 0.4) is 0 Å². The number of hydrogen-bond donors (Lipinski definition) is 1. The van der Waals surface area contributed by atoms with Gasteiger partial charge in [-0.15, -0.1) is 0 Å². The van der Waals surface area contributed by atoms with Gasteiger partial charge in [-0.05, 0) is 26.0 Å². The standard InChI is InChI=1S/C16H20N4O/c1-16(2)15(21)19(3)9-10-20(16)13-7-8-18-14-11(13)5-4-6-12(14)17/h4-8H,9-10,17H2,1-3H3. The van der Waals surface area contributed by atoms with Gasteiger partial charge in [-0.3, -0.25) is 9.78 Å². The summed E-state index contributed by atoms with van der Waals surface area (Å²) in [5, 5.41) is 0.989. The maximum absolute atomic E-state index is 12.5. The Morgan fingerprint density at radius 3 is 2.76 bits per heavy atom. The third-order valence-corrected chi connectivity index (χ3v) is 4.27. The number of rotatable bonds is 1. The van der Waals surface area contributed by atoms with Gasteiger partial charge < -0.3 is 15.5 Å². The Kier molecular flexibility index (Phi) is 3.01. The molecule has 1 saturated heterocycles. The summed E-state index contributed by atoms with van der Waals surface area (Å²) in [6.45, 7) is 5.44. The predicted molar refractivity (Wildman–Crippen MR) is 85.2 cm³/mol. The van der Waals surface area contributed by atoms with Crippen LogP contribution in [0, 0.1) is 0 Å². The van der Waals surface area contributed by atoms with E-state index in [0.717, 1.165) is 23.1 Å². The predicted octanol–water partition coefficient (Wildman–Crippen LogP) is 1.87. The molecule has 1 aromatic heterocycles. The number of carbonyl (C=O) groups excluding carboxylic acids is 1. The first-order valence-corrected chi connectivity index (χ1v) is 7.09. The first-order valence-electron chi connectivity index (χ1n) is 7.09. The van der Waals surface area contributed by atoms with Crippen molar-refractivity contribution in [1.82, 2.24) is 9.88 Å². The number of nitrogens with zero attached hydrogens (tertiary/aromatic N) is 3. The van der Waals surface area contributed by atoms with E-state index < -0.39 is 5.54 Å². The molecule has 3 rings (SSSR count). The molecule has 5 heteroatoms. The van der Waals surface area contributed by atoms with E-state index in [0.29, 0.717) is 12.2 Å². The fraction of sp³-hybridized carbons (Fsp3) is 0.375. The second kappa shape index (κ2) is 4.62. The van der Waals surface area contributed by atoms with Gasteiger partial charge in [0, 0.05) is 37.4 Å². The van der Waals surface area contributed by atoms with Crippen molar-refractivity contribution in [3.8, 4) is 0 Å². The fourth-order valence-corrected chi connectivity index (χ4v) is 3.05. The van der Waals surface area contributed by atoms with Crippen molar-refractivity contribution in [2.24, 2.45) is 0 Å². The van der Waals surface area contributed by atoms with Crippen LogP contribution in [0.4, 0.5) is 11.4 Å². The number of nitrogens with two attached hydrogens (primary N) is 1. The summed E-state index contributed by atoms with van der Waals surface area (Å²) in [7, 11) is 1.85. The third kappa shape index (κ3) is 2.00. The monoisotopic (exact) mass is 284 g/mol. The zero-order chi connectivity index (χ0) is 15.2. The van der Waals surface area contributed by atoms with E-state index in [4.69, 9.17) is 5.73 Å². The lowest BCUT2D eigenvalue weighted by Crippen LogP contribution is -2.62. The highest BCUT2D eigenvalue weighted by Gasteiger charge is 2.41. The van der Waals surface area contributed by atoms with Gasteiger partial charge in [0.05, 0.1) is 11.2 Å². The van der Waals surface area contributed by atoms with Crippen molar-refractivity contribution in [2.75, 3.05) is 30.8 Å². The number of anilines is 2. The van der Waals surface area contributed by atoms with Crippen LogP contribution >= 0.6 is 0 Å². The summed E-state index contributed by atoms with van der Waals surface area (Å²) in [6, 6.07) is 7.74. The molecular formula is C16H20N4O. The maximum atomic E-state index is 12.5. The largest absolute Gasteiger partial charge is 0.397 e. The number of carbonyl (C=O) groups is 1. The Bertz CT molecular complexity index is 710. The lowest BCUT2D eigenvalue weighted by Gasteiger charge is -2.46. The summed E-state index contributed by atoms with van der Waals surface area (Å²) in [5.41, 5.74) is 7.90. The summed E-state index contributed by atoms with van der Waals surface area (Å²) < 4.78 is 0. The number of hydrogen-bond acceptors (Lipinski definition) is 4. The molecule has 0 aliphatic carbocycles. The minimum absolute atomic E-state index is 0.127. The lowest BCUT2D eigenvalue weighted by atomic mass is 9.96. The average Bonchev–Trinajstić information content (AvgIpc) is 2.45. The molecule has 1 aliphatic rings. The van der Waals surface area contributed by atoms with E-state index in [1.165, 1.54) is 0 Å². The molecule has 21 heavy (non-hydrogen) atoms. The molecule has 1 amide bonds. The second-order valence-corrected chi connectivity index (χ2v) is 6.01. The van der Waals surface area contributed by atoms with E-state index in [-0.39, 0.29) is 5.91 Å². The van der Waals surface area contributed by atoms with Crippen LogP contribution in [0.25, 0.3) is 10.9 Å². The maximum Gasteiger partial charge on any atom is 0.247 e. The summed E-state index contributed by atoms with van der Waals surface area (Å²) in [4.78, 5) is 20.8. The zero-order valence-corrected chi connectivity index (χ0v) is 12.6. The Balaban J connectivity index is 2.17. The van der Waals surface area contributed by atoms with Crippen LogP contribution in [0.15, 0.2) is 30.5 Å². The quantitative estimate of drug-likeness (QED) is 0.812. The van der Waals surface area contributed by atoms with E-state index in [1.807, 2.05) is 45.2 Å². The minimum atomic E-state index is -0.577. The molecule has 2 heterocycles. The molecule has 0 atom stereocenters. The first kappa shape index (κ1) is 13.7. The summed E-state index contributed by atoms with van der Waals surface area (Å²) in [6.07, 6.45) is 1.76. The Labute approximate surface area is 124 Å². The van der Waals surface area contributed by atoms with Gasteiger partial charge >= 0.3 is 0 Å². The minimum Gasteiger partial charge on any atom is -0.397 e. The second-order valence-electron chi connectivity index (χ2n) is 6.01. The van der Waals surface area contributed by atoms with Crippen molar-refractivity contribution < 1.29 is 4.79 Å². The third-order valence-electron chi connectivity index (χ3n) is 4.27. The van der Waals surface area contributed by atoms with Crippen molar-refractivity contribution in [1.29, 1.82) is 0 Å². The number of fused-ring (bicyclic) bond motifs is 1. The Hall–Kier alpha value is -2.30. The molecule has 2 N–H and O–H groups in total. The van der Waals surface area contributed by atoms with Gasteiger partial charge in [0.2, 0.25) is 5.91 Å². The highest BCUT2D eigenvalue weighted by molar-refractivity contribution is 6.00. The van der Waals surface area contributed by atoms with Gasteiger partial charge in [0.15, 0.2) is 0 Å². The first-order chi connectivity index (χ1) is 9.93. The number of para-hydroxylation sites is 1. The van der Waals surface area contributed by atoms with E-state index in [2.05, 4.69) is 9.88 Å². The van der Waals surface area contributed by atoms with Crippen LogP contribution in [-0.2, 0) is 4.79 Å². The molecule has 1 aliphatic heterocycles. The Morgan fingerprint density at radius 1 is 1.24 bits per heavy atom. The van der Waals surface area contributed by atoms with E-state index in [9.17, 15) is 4.79 Å². The van der Waals surface area contributed by atoms with Gasteiger partial charge in [0.1, 0.15) is 5.54 Å². The van der Waals surface area contributed by atoms with Crippen molar-refractivity contribution in [3.63, 3.8) is 0 Å². The normalized spacial score (nSPS) is 18.3. The topological polar surface area (TPSA) is 62.5 Å². The van der Waals surface area contributed by atoms with Crippen molar-refractivity contribution in [3.05, 3.63) is 30.5 Å². The molecule has 0 bridgehead atoms. The molecule has 1 fully saturated rings. The average molecular weight is 284 g/mol. The highest BCUT2D eigenvalue weighted by Crippen LogP contribution is 2.34. The smallest absolute Gasteiger partial charge is 0.247 e. The van der Waals surface area contributed by atoms with Crippen LogP contribution in [-0.4, -0.2) is 41.5 Å². The van der Waals surface area contributed by atoms with E-state index >= 15 is 0 Å². The molecular weight excluding hydrogens is 264 g/mol. The molecule has 5 nitrogen and oxygen atoms in total. The van der Waals surface area contributed by atoms with Crippen molar-refractivity contribution >= 4 is 28.2 Å². The molecule has 0 saturated carbocycles. The van der Waals surface area contributed by atoms with Crippen LogP contribution in [0.1, 0.15) is 13.8 Å². The van der Waals surface area contributed by atoms with Gasteiger partial charge in [-0.25, -0.2) is 0 Å². The number of piperazine rings is 1. The van der Waals surface area contributed by atoms with Crippen LogP contribution in [0.5, 0.6) is 0 Å². The van der Waals surface area contributed by atoms with Gasteiger partial charge in [-0.1, -0.05) is 12.1 Å². The summed E-state index contributed by atoms with van der Waals surface area (Å²) in [5.74, 6) is 0.127. The molecule has 110 valence electrons. The van der Waals surface area contributed by atoms with E-state index in [1.54, 1.807) is 11.1 Å².